The van der Waals surface area contributed by atoms with Gasteiger partial charge in [0.2, 0.25) is 0 Å². The Morgan fingerprint density at radius 2 is 1.82 bits per heavy atom. The number of esters is 1. The topological polar surface area (TPSA) is 65.1 Å². The maximum absolute atomic E-state index is 12.7. The third-order valence-electron chi connectivity index (χ3n) is 5.86. The van der Waals surface area contributed by atoms with Crippen LogP contribution in [0, 0.1) is 6.92 Å². The zero-order valence-corrected chi connectivity index (χ0v) is 19.7. The van der Waals surface area contributed by atoms with Gasteiger partial charge in [0.1, 0.15) is 17.6 Å². The first-order chi connectivity index (χ1) is 16.4. The molecule has 1 aliphatic heterocycles. The summed E-state index contributed by atoms with van der Waals surface area (Å²) in [5, 5.41) is 0. The molecule has 2 atom stereocenters. The van der Waals surface area contributed by atoms with Gasteiger partial charge in [0, 0.05) is 5.56 Å². The number of ether oxygens (including phenoxy) is 3. The Labute approximate surface area is 200 Å². The van der Waals surface area contributed by atoms with Gasteiger partial charge in [-0.15, -0.1) is 0 Å². The van der Waals surface area contributed by atoms with E-state index in [-0.39, 0.29) is 30.6 Å². The zero-order valence-electron chi connectivity index (χ0n) is 19.7. The molecule has 0 aliphatic carbocycles. The molecule has 6 heteroatoms. The molecule has 1 fully saturated rings. The molecular formula is C28H29NO5. The number of aryl methyl sites for hydroxylation is 1. The lowest BCUT2D eigenvalue weighted by Gasteiger charge is -2.22. The quantitative estimate of drug-likeness (QED) is 0.388. The lowest BCUT2D eigenvalue weighted by Crippen LogP contribution is -2.31. The van der Waals surface area contributed by atoms with Crippen LogP contribution in [0.3, 0.4) is 0 Å². The van der Waals surface area contributed by atoms with Gasteiger partial charge in [-0.25, -0.2) is 4.79 Å². The Hall–Kier alpha value is -3.80. The molecule has 0 unspecified atom stereocenters. The van der Waals surface area contributed by atoms with Crippen LogP contribution >= 0.6 is 0 Å². The fourth-order valence-corrected chi connectivity index (χ4v) is 4.14. The second-order valence-corrected chi connectivity index (χ2v) is 8.43. The summed E-state index contributed by atoms with van der Waals surface area (Å²) in [7, 11) is 0. The Morgan fingerprint density at radius 3 is 2.59 bits per heavy atom. The van der Waals surface area contributed by atoms with Crippen molar-refractivity contribution in [2.24, 2.45) is 0 Å². The third kappa shape index (κ3) is 5.39. The molecule has 1 saturated heterocycles. The fourth-order valence-electron chi connectivity index (χ4n) is 4.14. The molecular weight excluding hydrogens is 430 g/mol. The first kappa shape index (κ1) is 23.4. The first-order valence-electron chi connectivity index (χ1n) is 11.5. The van der Waals surface area contributed by atoms with Crippen molar-refractivity contribution in [1.29, 1.82) is 0 Å². The second kappa shape index (κ2) is 10.4. The van der Waals surface area contributed by atoms with Crippen LogP contribution in [-0.4, -0.2) is 29.6 Å². The highest BCUT2D eigenvalue weighted by Crippen LogP contribution is 2.35. The van der Waals surface area contributed by atoms with Crippen LogP contribution in [0.2, 0.25) is 0 Å². The number of cyclic esters (lactones) is 1. The van der Waals surface area contributed by atoms with E-state index in [1.807, 2.05) is 86.6 Å². The van der Waals surface area contributed by atoms with Gasteiger partial charge in [-0.3, -0.25) is 9.69 Å². The lowest BCUT2D eigenvalue weighted by atomic mass is 10.0. The summed E-state index contributed by atoms with van der Waals surface area (Å²) in [4.78, 5) is 26.3. The average Bonchev–Trinajstić information content (AvgIpc) is 3.10. The Bertz CT molecular complexity index is 1160. The second-order valence-electron chi connectivity index (χ2n) is 8.43. The van der Waals surface area contributed by atoms with Crippen molar-refractivity contribution in [2.45, 2.75) is 45.9 Å². The van der Waals surface area contributed by atoms with Crippen molar-refractivity contribution in [3.8, 4) is 11.5 Å². The summed E-state index contributed by atoms with van der Waals surface area (Å²) in [6.07, 6.45) is -0.475. The molecule has 3 aromatic rings. The largest absolute Gasteiger partial charge is 0.466 e. The minimum absolute atomic E-state index is 0.129. The Kier molecular flexibility index (Phi) is 7.16. The van der Waals surface area contributed by atoms with E-state index >= 15 is 0 Å². The average molecular weight is 460 g/mol. The van der Waals surface area contributed by atoms with Gasteiger partial charge >= 0.3 is 12.1 Å². The first-order valence-corrected chi connectivity index (χ1v) is 11.5. The monoisotopic (exact) mass is 459 g/mol. The number of nitrogens with zero attached hydrogens (tertiary/aromatic N) is 1. The standard InChI is InChI=1S/C28H29NO5/c1-4-32-26(30)17-21-9-8-12-24(16-21)33-25-14-13-19(2)15-23(25)18-29-20(3)27(34-28(29)31)22-10-6-5-7-11-22/h5-16,20,27H,4,17-18H2,1-3H3/t20-,27-/m0/s1. The number of rotatable bonds is 8. The smallest absolute Gasteiger partial charge is 0.411 e. The van der Waals surface area contributed by atoms with E-state index in [2.05, 4.69) is 0 Å². The summed E-state index contributed by atoms with van der Waals surface area (Å²) in [5.74, 6) is 0.998. The van der Waals surface area contributed by atoms with Crippen molar-refractivity contribution in [3.63, 3.8) is 0 Å². The summed E-state index contributed by atoms with van der Waals surface area (Å²) >= 11 is 0. The number of hydrogen-bond acceptors (Lipinski definition) is 5. The van der Waals surface area contributed by atoms with Crippen molar-refractivity contribution in [2.75, 3.05) is 6.61 Å². The maximum Gasteiger partial charge on any atom is 0.411 e. The number of benzene rings is 3. The minimum Gasteiger partial charge on any atom is -0.466 e. The van der Waals surface area contributed by atoms with Gasteiger partial charge in [-0.1, -0.05) is 60.2 Å². The van der Waals surface area contributed by atoms with Crippen molar-refractivity contribution < 1.29 is 23.8 Å². The summed E-state index contributed by atoms with van der Waals surface area (Å²) in [6, 6.07) is 22.9. The van der Waals surface area contributed by atoms with Crippen LogP contribution in [0.25, 0.3) is 0 Å². The molecule has 176 valence electrons. The number of hydrogen-bond donors (Lipinski definition) is 0. The van der Waals surface area contributed by atoms with Gasteiger partial charge in [0.15, 0.2) is 0 Å². The predicted molar refractivity (Wildman–Crippen MR) is 129 cm³/mol. The van der Waals surface area contributed by atoms with Gasteiger partial charge in [0.05, 0.1) is 25.6 Å². The summed E-state index contributed by atoms with van der Waals surface area (Å²) in [6.45, 7) is 6.51. The van der Waals surface area contributed by atoms with Crippen LogP contribution in [0.5, 0.6) is 11.5 Å². The van der Waals surface area contributed by atoms with Crippen LogP contribution in [0.1, 0.15) is 42.2 Å². The summed E-state index contributed by atoms with van der Waals surface area (Å²) < 4.78 is 17.0. The molecule has 0 bridgehead atoms. The molecule has 4 rings (SSSR count). The molecule has 0 aromatic heterocycles. The van der Waals surface area contributed by atoms with E-state index in [1.54, 1.807) is 11.8 Å². The van der Waals surface area contributed by atoms with E-state index in [9.17, 15) is 9.59 Å². The zero-order chi connectivity index (χ0) is 24.1. The minimum atomic E-state index is -0.342. The molecule has 0 N–H and O–H groups in total. The van der Waals surface area contributed by atoms with Gasteiger partial charge in [-0.05, 0) is 50.1 Å². The molecule has 1 aliphatic rings. The molecule has 3 aromatic carbocycles. The molecule has 0 saturated carbocycles. The Balaban J connectivity index is 1.53. The van der Waals surface area contributed by atoms with Crippen LogP contribution in [-0.2, 0) is 27.2 Å². The van der Waals surface area contributed by atoms with Crippen LogP contribution in [0.4, 0.5) is 4.79 Å². The van der Waals surface area contributed by atoms with Gasteiger partial charge in [-0.2, -0.15) is 0 Å². The van der Waals surface area contributed by atoms with Gasteiger partial charge < -0.3 is 14.2 Å². The molecule has 0 spiro atoms. The third-order valence-corrected chi connectivity index (χ3v) is 5.86. The lowest BCUT2D eigenvalue weighted by molar-refractivity contribution is -0.142. The predicted octanol–water partition coefficient (Wildman–Crippen LogP) is 5.97. The van der Waals surface area contributed by atoms with E-state index < -0.39 is 0 Å². The highest BCUT2D eigenvalue weighted by molar-refractivity contribution is 5.73. The SMILES string of the molecule is CCOC(=O)Cc1cccc(Oc2ccc(C)cc2CN2C(=O)O[C@H](c3ccccc3)[C@@H]2C)c1. The van der Waals surface area contributed by atoms with Crippen LogP contribution < -0.4 is 4.74 Å². The molecule has 6 nitrogen and oxygen atoms in total. The van der Waals surface area contributed by atoms with E-state index in [0.717, 1.165) is 22.3 Å². The molecule has 1 amide bonds. The van der Waals surface area contributed by atoms with Gasteiger partial charge in [0.25, 0.3) is 0 Å². The molecule has 0 radical (unpaired) electrons. The highest BCUT2D eigenvalue weighted by atomic mass is 16.6. The van der Waals surface area contributed by atoms with Crippen molar-refractivity contribution in [1.82, 2.24) is 4.90 Å². The van der Waals surface area contributed by atoms with Crippen molar-refractivity contribution >= 4 is 12.1 Å². The normalized spacial score (nSPS) is 17.4. The molecule has 34 heavy (non-hydrogen) atoms. The Morgan fingerprint density at radius 1 is 1.03 bits per heavy atom. The van der Waals surface area contributed by atoms with E-state index in [4.69, 9.17) is 14.2 Å². The van der Waals surface area contributed by atoms with Crippen molar-refractivity contribution in [3.05, 3.63) is 95.1 Å². The maximum atomic E-state index is 12.7. The number of carbonyl (C=O) groups excluding carboxylic acids is 2. The number of carbonyl (C=O) groups is 2. The highest BCUT2D eigenvalue weighted by Gasteiger charge is 2.39. The van der Waals surface area contributed by atoms with E-state index in [0.29, 0.717) is 24.7 Å². The summed E-state index contributed by atoms with van der Waals surface area (Å²) in [5.41, 5.74) is 3.74. The van der Waals surface area contributed by atoms with E-state index in [1.165, 1.54) is 0 Å². The fraction of sp³-hybridized carbons (Fsp3) is 0.286. The van der Waals surface area contributed by atoms with Crippen LogP contribution in [0.15, 0.2) is 72.8 Å². The molecule has 1 heterocycles. The number of amides is 1.